The Balaban J connectivity index is 1.30. The van der Waals surface area contributed by atoms with Gasteiger partial charge in [-0.05, 0) is 81.2 Å². The summed E-state index contributed by atoms with van der Waals surface area (Å²) < 4.78 is 4.89. The summed E-state index contributed by atoms with van der Waals surface area (Å²) in [6.45, 7) is 0. The van der Waals surface area contributed by atoms with E-state index in [-0.39, 0.29) is 0 Å². The maximum atomic E-state index is 2.45. The summed E-state index contributed by atoms with van der Waals surface area (Å²) in [5, 5.41) is 10.1. The van der Waals surface area contributed by atoms with Crippen LogP contribution in [0.25, 0.3) is 87.7 Å². The minimum absolute atomic E-state index is 1.17. The third-order valence-electron chi connectivity index (χ3n) is 9.67. The zero-order valence-corrected chi connectivity index (χ0v) is 25.1. The molecule has 2 heterocycles. The van der Waals surface area contributed by atoms with Crippen molar-refractivity contribution in [3.8, 4) is 22.5 Å². The Bertz CT molecular complexity index is 2800. The summed E-state index contributed by atoms with van der Waals surface area (Å²) >= 11 is 0. The van der Waals surface area contributed by atoms with Crippen LogP contribution in [0.4, 0.5) is 0 Å². The highest BCUT2D eigenvalue weighted by molar-refractivity contribution is 6.29. The summed E-state index contributed by atoms with van der Waals surface area (Å²) in [5.74, 6) is 0. The Morgan fingerprint density at radius 1 is 0.304 bits per heavy atom. The number of hydrogen-bond donors (Lipinski definition) is 0. The molecule has 0 radical (unpaired) electrons. The van der Waals surface area contributed by atoms with Crippen LogP contribution in [0.1, 0.15) is 0 Å². The number of aromatic nitrogens is 2. The van der Waals surface area contributed by atoms with Gasteiger partial charge in [-0.2, -0.15) is 0 Å². The van der Waals surface area contributed by atoms with Crippen LogP contribution in [-0.2, 0) is 0 Å². The molecule has 0 aliphatic heterocycles. The van der Waals surface area contributed by atoms with E-state index in [9.17, 15) is 0 Å². The van der Waals surface area contributed by atoms with Crippen LogP contribution in [0, 0.1) is 0 Å². The van der Waals surface area contributed by atoms with Crippen molar-refractivity contribution in [1.29, 1.82) is 0 Å². The van der Waals surface area contributed by atoms with Crippen LogP contribution in [0.2, 0.25) is 0 Å². The number of para-hydroxylation sites is 2. The largest absolute Gasteiger partial charge is 0.309 e. The molecule has 0 N–H and O–H groups in total. The highest BCUT2D eigenvalue weighted by atomic mass is 15.0. The highest BCUT2D eigenvalue weighted by Gasteiger charge is 2.20. The Labute approximate surface area is 266 Å². The van der Waals surface area contributed by atoms with E-state index in [1.165, 1.54) is 87.7 Å². The normalized spacial score (nSPS) is 11.9. The molecule has 0 unspecified atom stereocenters. The van der Waals surface area contributed by atoms with Crippen molar-refractivity contribution in [2.24, 2.45) is 0 Å². The standard InChI is InChI=1S/C44H28N2/c1-2-12-30(13-3-1)35-18-10-15-31-22-24-34(28-38(31)35)46-40-20-9-7-17-37(40)44-42(46)26-25-41-43(44)36-16-6-8-19-39(36)45(41)33-23-21-29-11-4-5-14-32(29)27-33/h1-28H. The Kier molecular flexibility index (Phi) is 5.31. The van der Waals surface area contributed by atoms with Crippen molar-refractivity contribution in [1.82, 2.24) is 9.13 Å². The first-order valence-corrected chi connectivity index (χ1v) is 15.9. The molecule has 8 aromatic carbocycles. The number of hydrogen-bond acceptors (Lipinski definition) is 0. The fourth-order valence-electron chi connectivity index (χ4n) is 7.66. The first-order valence-electron chi connectivity index (χ1n) is 15.9. The molecule has 10 rings (SSSR count). The minimum atomic E-state index is 1.17. The van der Waals surface area contributed by atoms with Crippen molar-refractivity contribution < 1.29 is 0 Å². The molecular formula is C44H28N2. The average Bonchev–Trinajstić information content (AvgIpc) is 3.64. The van der Waals surface area contributed by atoms with Crippen molar-refractivity contribution in [3.05, 3.63) is 170 Å². The van der Waals surface area contributed by atoms with E-state index >= 15 is 0 Å². The molecule has 2 nitrogen and oxygen atoms in total. The van der Waals surface area contributed by atoms with Gasteiger partial charge in [0.1, 0.15) is 0 Å². The zero-order chi connectivity index (χ0) is 30.2. The Hall–Kier alpha value is -6.12. The van der Waals surface area contributed by atoms with Crippen LogP contribution < -0.4 is 0 Å². The lowest BCUT2D eigenvalue weighted by molar-refractivity contribution is 1.18. The van der Waals surface area contributed by atoms with Gasteiger partial charge < -0.3 is 9.13 Å². The van der Waals surface area contributed by atoms with Crippen LogP contribution in [-0.4, -0.2) is 9.13 Å². The minimum Gasteiger partial charge on any atom is -0.309 e. The first-order chi connectivity index (χ1) is 22.8. The molecule has 214 valence electrons. The van der Waals surface area contributed by atoms with Gasteiger partial charge in [0.05, 0.1) is 22.1 Å². The molecule has 0 spiro atoms. The molecule has 2 heteroatoms. The molecule has 2 aromatic heterocycles. The second kappa shape index (κ2) is 9.69. The van der Waals surface area contributed by atoms with E-state index in [0.717, 1.165) is 0 Å². The molecule has 0 atom stereocenters. The second-order valence-corrected chi connectivity index (χ2v) is 12.2. The number of benzene rings is 8. The molecule has 46 heavy (non-hydrogen) atoms. The third-order valence-corrected chi connectivity index (χ3v) is 9.67. The summed E-state index contributed by atoms with van der Waals surface area (Å²) in [6, 6.07) is 62.0. The van der Waals surface area contributed by atoms with Crippen molar-refractivity contribution in [3.63, 3.8) is 0 Å². The maximum Gasteiger partial charge on any atom is 0.0548 e. The predicted octanol–water partition coefficient (Wildman–Crippen LogP) is 11.9. The van der Waals surface area contributed by atoms with E-state index in [1.54, 1.807) is 0 Å². The smallest absolute Gasteiger partial charge is 0.0548 e. The van der Waals surface area contributed by atoms with Crippen molar-refractivity contribution >= 4 is 65.2 Å². The van der Waals surface area contributed by atoms with Gasteiger partial charge in [0.2, 0.25) is 0 Å². The van der Waals surface area contributed by atoms with Gasteiger partial charge in [0.25, 0.3) is 0 Å². The van der Waals surface area contributed by atoms with E-state index in [4.69, 9.17) is 0 Å². The van der Waals surface area contributed by atoms with E-state index in [1.807, 2.05) is 0 Å². The zero-order valence-electron chi connectivity index (χ0n) is 25.1. The first kappa shape index (κ1) is 25.2. The molecule has 10 aromatic rings. The van der Waals surface area contributed by atoms with Crippen molar-refractivity contribution in [2.75, 3.05) is 0 Å². The predicted molar refractivity (Wildman–Crippen MR) is 196 cm³/mol. The molecule has 0 amide bonds. The van der Waals surface area contributed by atoms with Gasteiger partial charge in [0.15, 0.2) is 0 Å². The van der Waals surface area contributed by atoms with E-state index < -0.39 is 0 Å². The Morgan fingerprint density at radius 2 is 0.848 bits per heavy atom. The van der Waals surface area contributed by atoms with E-state index in [0.29, 0.717) is 0 Å². The SMILES string of the molecule is c1ccc(-c2cccc3ccc(-n4c5ccccc5c5c6c7ccccc7n(-c7ccc8ccccc8c7)c6ccc54)cc23)cc1. The van der Waals surface area contributed by atoms with Crippen molar-refractivity contribution in [2.45, 2.75) is 0 Å². The lowest BCUT2D eigenvalue weighted by Gasteiger charge is -2.12. The van der Waals surface area contributed by atoms with Crippen LogP contribution >= 0.6 is 0 Å². The lowest BCUT2D eigenvalue weighted by atomic mass is 9.98. The number of rotatable bonds is 3. The van der Waals surface area contributed by atoms with Crippen LogP contribution in [0.15, 0.2) is 170 Å². The highest BCUT2D eigenvalue weighted by Crippen LogP contribution is 2.43. The number of fused-ring (bicyclic) bond motifs is 9. The molecule has 0 bridgehead atoms. The lowest BCUT2D eigenvalue weighted by Crippen LogP contribution is -1.95. The van der Waals surface area contributed by atoms with Crippen LogP contribution in [0.5, 0.6) is 0 Å². The van der Waals surface area contributed by atoms with Gasteiger partial charge in [-0.3, -0.25) is 0 Å². The van der Waals surface area contributed by atoms with Gasteiger partial charge >= 0.3 is 0 Å². The average molecular weight is 585 g/mol. The summed E-state index contributed by atoms with van der Waals surface area (Å²) in [5.41, 5.74) is 9.69. The Morgan fingerprint density at radius 3 is 1.54 bits per heavy atom. The van der Waals surface area contributed by atoms with Gasteiger partial charge in [0, 0.05) is 32.9 Å². The number of nitrogens with zero attached hydrogens (tertiary/aromatic N) is 2. The fraction of sp³-hybridized carbons (Fsp3) is 0. The molecule has 0 saturated carbocycles. The molecule has 0 saturated heterocycles. The second-order valence-electron chi connectivity index (χ2n) is 12.2. The van der Waals surface area contributed by atoms with Gasteiger partial charge in [-0.1, -0.05) is 121 Å². The third kappa shape index (κ3) is 3.59. The quantitative estimate of drug-likeness (QED) is 0.195. The van der Waals surface area contributed by atoms with Gasteiger partial charge in [-0.15, -0.1) is 0 Å². The maximum absolute atomic E-state index is 2.45. The molecule has 0 aliphatic carbocycles. The molecular weight excluding hydrogens is 556 g/mol. The summed E-state index contributed by atoms with van der Waals surface area (Å²) in [4.78, 5) is 0. The monoisotopic (exact) mass is 584 g/mol. The van der Waals surface area contributed by atoms with Gasteiger partial charge in [-0.25, -0.2) is 0 Å². The fourth-order valence-corrected chi connectivity index (χ4v) is 7.66. The molecule has 0 fully saturated rings. The summed E-state index contributed by atoms with van der Waals surface area (Å²) in [7, 11) is 0. The topological polar surface area (TPSA) is 9.86 Å². The van der Waals surface area contributed by atoms with E-state index in [2.05, 4.69) is 179 Å². The van der Waals surface area contributed by atoms with Crippen LogP contribution in [0.3, 0.4) is 0 Å². The molecule has 0 aliphatic rings. The summed E-state index contributed by atoms with van der Waals surface area (Å²) in [6.07, 6.45) is 0.